The van der Waals surface area contributed by atoms with E-state index in [-0.39, 0.29) is 5.82 Å². The summed E-state index contributed by atoms with van der Waals surface area (Å²) in [6.07, 6.45) is 1.87. The van der Waals surface area contributed by atoms with Gasteiger partial charge in [0.2, 0.25) is 0 Å². The number of aryl methyl sites for hydroxylation is 1. The average molecular weight is 424 g/mol. The monoisotopic (exact) mass is 423 g/mol. The molecule has 0 unspecified atom stereocenters. The molecule has 6 heteroatoms. The number of imidazole rings is 1. The van der Waals surface area contributed by atoms with Crippen LogP contribution in [0.5, 0.6) is 5.75 Å². The van der Waals surface area contributed by atoms with Crippen molar-refractivity contribution in [3.63, 3.8) is 0 Å². The normalized spacial score (nSPS) is 11.1. The van der Waals surface area contributed by atoms with Gasteiger partial charge in [0.25, 0.3) is 0 Å². The minimum atomic E-state index is -0.351. The van der Waals surface area contributed by atoms with E-state index >= 15 is 0 Å². The molecule has 30 heavy (non-hydrogen) atoms. The summed E-state index contributed by atoms with van der Waals surface area (Å²) < 4.78 is 19.1. The Hall–Kier alpha value is -2.89. The molecule has 0 aliphatic heterocycles. The highest BCUT2D eigenvalue weighted by atomic mass is 35.5. The van der Waals surface area contributed by atoms with Crippen LogP contribution in [-0.4, -0.2) is 16.5 Å². The Balaban J connectivity index is 1.26. The molecule has 154 valence electrons. The minimum absolute atomic E-state index is 0.294. The highest BCUT2D eigenvalue weighted by Gasteiger charge is 2.07. The molecule has 0 saturated carbocycles. The number of aromatic amines is 1. The fraction of sp³-hybridized carbons (Fsp3) is 0.208. The van der Waals surface area contributed by atoms with Crippen molar-refractivity contribution in [3.05, 3.63) is 94.5 Å². The largest absolute Gasteiger partial charge is 0.489 e. The molecule has 2 N–H and O–H groups in total. The lowest BCUT2D eigenvalue weighted by molar-refractivity contribution is 0.302. The number of nitrogens with one attached hydrogen (secondary N) is 2. The van der Waals surface area contributed by atoms with Gasteiger partial charge in [-0.05, 0) is 43.3 Å². The molecule has 0 atom stereocenters. The van der Waals surface area contributed by atoms with E-state index in [1.807, 2.05) is 48.5 Å². The van der Waals surface area contributed by atoms with Crippen LogP contribution in [0.3, 0.4) is 0 Å². The number of para-hydroxylation sites is 3. The molecule has 0 spiro atoms. The van der Waals surface area contributed by atoms with Crippen molar-refractivity contribution in [2.75, 3.05) is 6.54 Å². The van der Waals surface area contributed by atoms with Crippen molar-refractivity contribution >= 4 is 22.6 Å². The van der Waals surface area contributed by atoms with Crippen molar-refractivity contribution in [3.8, 4) is 5.75 Å². The third-order valence-corrected chi connectivity index (χ3v) is 5.24. The zero-order chi connectivity index (χ0) is 20.8. The molecule has 4 nitrogen and oxygen atoms in total. The maximum atomic E-state index is 13.2. The van der Waals surface area contributed by atoms with Gasteiger partial charge < -0.3 is 15.0 Å². The second-order valence-electron chi connectivity index (χ2n) is 7.11. The maximum absolute atomic E-state index is 13.2. The van der Waals surface area contributed by atoms with Gasteiger partial charge in [0.05, 0.1) is 16.1 Å². The fourth-order valence-electron chi connectivity index (χ4n) is 3.31. The first-order chi connectivity index (χ1) is 14.7. The first-order valence-electron chi connectivity index (χ1n) is 9.98. The Labute approximate surface area is 180 Å². The van der Waals surface area contributed by atoms with Gasteiger partial charge in [0.15, 0.2) is 0 Å². The molecule has 0 radical (unpaired) electrons. The molecule has 4 rings (SSSR count). The van der Waals surface area contributed by atoms with Gasteiger partial charge >= 0.3 is 0 Å². The van der Waals surface area contributed by atoms with Crippen molar-refractivity contribution in [2.45, 2.75) is 26.0 Å². The van der Waals surface area contributed by atoms with Crippen molar-refractivity contribution in [1.29, 1.82) is 0 Å². The Bertz CT molecular complexity index is 1100. The second kappa shape index (κ2) is 9.74. The standard InChI is InChI=1S/C24H23ClFN3O/c25-20-14-19(26)12-11-18(20)16-30-23-9-4-1-6-17(23)15-27-13-5-10-24-28-21-7-2-3-8-22(21)29-24/h1-4,6-9,11-12,14,27H,5,10,13,15-16H2,(H,28,29). The van der Waals surface area contributed by atoms with Crippen LogP contribution in [0.4, 0.5) is 4.39 Å². The molecular weight excluding hydrogens is 401 g/mol. The fourth-order valence-corrected chi connectivity index (χ4v) is 3.53. The summed E-state index contributed by atoms with van der Waals surface area (Å²) in [5.74, 6) is 1.46. The third kappa shape index (κ3) is 5.17. The van der Waals surface area contributed by atoms with Gasteiger partial charge in [0.1, 0.15) is 24.0 Å². The van der Waals surface area contributed by atoms with Crippen molar-refractivity contribution < 1.29 is 9.13 Å². The van der Waals surface area contributed by atoms with Crippen LogP contribution >= 0.6 is 11.6 Å². The van der Waals surface area contributed by atoms with Gasteiger partial charge in [-0.1, -0.05) is 48.0 Å². The van der Waals surface area contributed by atoms with E-state index in [1.54, 1.807) is 6.07 Å². The molecule has 3 aromatic carbocycles. The first kappa shape index (κ1) is 20.4. The van der Waals surface area contributed by atoms with Crippen molar-refractivity contribution in [1.82, 2.24) is 15.3 Å². The van der Waals surface area contributed by atoms with Gasteiger partial charge in [-0.25, -0.2) is 9.37 Å². The summed E-state index contributed by atoms with van der Waals surface area (Å²) >= 11 is 6.09. The summed E-state index contributed by atoms with van der Waals surface area (Å²) in [7, 11) is 0. The number of hydrogen-bond acceptors (Lipinski definition) is 3. The van der Waals surface area contributed by atoms with E-state index < -0.39 is 0 Å². The molecule has 0 fully saturated rings. The van der Waals surface area contributed by atoms with Crippen LogP contribution in [0.1, 0.15) is 23.4 Å². The average Bonchev–Trinajstić information content (AvgIpc) is 3.16. The maximum Gasteiger partial charge on any atom is 0.124 e. The predicted octanol–water partition coefficient (Wildman–Crippen LogP) is 5.66. The van der Waals surface area contributed by atoms with Crippen LogP contribution in [0, 0.1) is 5.82 Å². The molecule has 0 bridgehead atoms. The van der Waals surface area contributed by atoms with Crippen LogP contribution in [-0.2, 0) is 19.6 Å². The summed E-state index contributed by atoms with van der Waals surface area (Å²) in [5, 5.41) is 3.84. The Morgan fingerprint density at radius 3 is 2.70 bits per heavy atom. The Morgan fingerprint density at radius 2 is 1.83 bits per heavy atom. The third-order valence-electron chi connectivity index (χ3n) is 4.89. The van der Waals surface area contributed by atoms with E-state index in [0.29, 0.717) is 18.2 Å². The number of ether oxygens (including phenoxy) is 1. The van der Waals surface area contributed by atoms with E-state index in [1.165, 1.54) is 12.1 Å². The number of benzene rings is 3. The lowest BCUT2D eigenvalue weighted by Gasteiger charge is -2.13. The summed E-state index contributed by atoms with van der Waals surface area (Å²) in [6, 6.07) is 20.3. The lowest BCUT2D eigenvalue weighted by Crippen LogP contribution is -2.16. The van der Waals surface area contributed by atoms with Crippen LogP contribution in [0.2, 0.25) is 5.02 Å². The number of fused-ring (bicyclic) bond motifs is 1. The quantitative estimate of drug-likeness (QED) is 0.342. The Morgan fingerprint density at radius 1 is 1.00 bits per heavy atom. The SMILES string of the molecule is Fc1ccc(COc2ccccc2CNCCCc2nc3ccccc3[nH]2)c(Cl)c1. The zero-order valence-electron chi connectivity index (χ0n) is 16.5. The number of hydrogen-bond donors (Lipinski definition) is 2. The van der Waals surface area contributed by atoms with Crippen LogP contribution in [0.15, 0.2) is 66.7 Å². The number of rotatable bonds is 9. The summed E-state index contributed by atoms with van der Waals surface area (Å²) in [4.78, 5) is 7.97. The lowest BCUT2D eigenvalue weighted by atomic mass is 10.2. The Kier molecular flexibility index (Phi) is 6.62. The number of H-pyrrole nitrogens is 1. The van der Waals surface area contributed by atoms with Gasteiger partial charge in [-0.15, -0.1) is 0 Å². The molecule has 4 aromatic rings. The van der Waals surface area contributed by atoms with Gasteiger partial charge in [-0.3, -0.25) is 0 Å². The highest BCUT2D eigenvalue weighted by molar-refractivity contribution is 6.31. The van der Waals surface area contributed by atoms with Crippen molar-refractivity contribution in [2.24, 2.45) is 0 Å². The van der Waals surface area contributed by atoms with Gasteiger partial charge in [0, 0.05) is 24.1 Å². The summed E-state index contributed by atoms with van der Waals surface area (Å²) in [5.41, 5.74) is 3.91. The molecule has 0 saturated heterocycles. The van der Waals surface area contributed by atoms with E-state index in [9.17, 15) is 4.39 Å². The van der Waals surface area contributed by atoms with E-state index in [2.05, 4.69) is 15.3 Å². The molecular formula is C24H23ClFN3O. The molecule has 0 aliphatic rings. The predicted molar refractivity (Wildman–Crippen MR) is 118 cm³/mol. The molecule has 0 aliphatic carbocycles. The minimum Gasteiger partial charge on any atom is -0.489 e. The number of nitrogens with zero attached hydrogens (tertiary/aromatic N) is 1. The van der Waals surface area contributed by atoms with Crippen LogP contribution < -0.4 is 10.1 Å². The number of halogens is 2. The topological polar surface area (TPSA) is 49.9 Å². The summed E-state index contributed by atoms with van der Waals surface area (Å²) in [6.45, 7) is 1.87. The molecule has 0 amide bonds. The number of aromatic nitrogens is 2. The van der Waals surface area contributed by atoms with Gasteiger partial charge in [-0.2, -0.15) is 0 Å². The van der Waals surface area contributed by atoms with Crippen LogP contribution in [0.25, 0.3) is 11.0 Å². The smallest absolute Gasteiger partial charge is 0.124 e. The second-order valence-corrected chi connectivity index (χ2v) is 7.52. The highest BCUT2D eigenvalue weighted by Crippen LogP contribution is 2.22. The molecule has 1 aromatic heterocycles. The zero-order valence-corrected chi connectivity index (χ0v) is 17.3. The molecule has 1 heterocycles. The van der Waals surface area contributed by atoms with E-state index in [0.717, 1.165) is 53.1 Å². The first-order valence-corrected chi connectivity index (χ1v) is 10.4. The van der Waals surface area contributed by atoms with E-state index in [4.69, 9.17) is 16.3 Å².